The summed E-state index contributed by atoms with van der Waals surface area (Å²) in [4.78, 5) is 16.6. The highest BCUT2D eigenvalue weighted by molar-refractivity contribution is 7.12. The molecule has 1 amide bonds. The Labute approximate surface area is 171 Å². The van der Waals surface area contributed by atoms with Crippen LogP contribution < -0.4 is 11.1 Å². The largest absolute Gasteiger partial charge is 0.412 e. The van der Waals surface area contributed by atoms with Gasteiger partial charge < -0.3 is 11.1 Å². The molecule has 0 aliphatic rings. The van der Waals surface area contributed by atoms with Crippen LogP contribution in [0.1, 0.15) is 21.3 Å². The number of pyridine rings is 1. The number of thiophene rings is 1. The van der Waals surface area contributed by atoms with E-state index in [1.54, 1.807) is 23.7 Å². The van der Waals surface area contributed by atoms with Crippen LogP contribution in [0.3, 0.4) is 0 Å². The van der Waals surface area contributed by atoms with Gasteiger partial charge in [-0.1, -0.05) is 12.1 Å². The Balaban J connectivity index is 1.58. The smallest absolute Gasteiger partial charge is 0.366 e. The summed E-state index contributed by atoms with van der Waals surface area (Å²) in [6, 6.07) is 6.46. The number of nitrogen functional groups attached to an aromatic ring is 1. The summed E-state index contributed by atoms with van der Waals surface area (Å²) in [5.41, 5.74) is 7.15. The van der Waals surface area contributed by atoms with Gasteiger partial charge in [-0.2, -0.15) is 18.2 Å². The number of alkyl halides is 3. The maximum absolute atomic E-state index is 13.5. The van der Waals surface area contributed by atoms with Gasteiger partial charge in [0.25, 0.3) is 5.91 Å². The van der Waals surface area contributed by atoms with E-state index in [-0.39, 0.29) is 16.4 Å². The first-order valence-corrected chi connectivity index (χ1v) is 9.42. The molecule has 0 saturated carbocycles. The fourth-order valence-electron chi connectivity index (χ4n) is 2.89. The third-order valence-corrected chi connectivity index (χ3v) is 5.24. The van der Waals surface area contributed by atoms with Gasteiger partial charge in [-0.15, -0.1) is 16.4 Å². The number of fused-ring (bicyclic) bond motifs is 1. The molecule has 4 aromatic rings. The van der Waals surface area contributed by atoms with Crippen molar-refractivity contribution in [2.24, 2.45) is 0 Å². The Morgan fingerprint density at radius 1 is 1.13 bits per heavy atom. The lowest BCUT2D eigenvalue weighted by Crippen LogP contribution is -2.37. The predicted octanol–water partition coefficient (Wildman–Crippen LogP) is 4.21. The first-order chi connectivity index (χ1) is 14.2. The summed E-state index contributed by atoms with van der Waals surface area (Å²) < 4.78 is 54.9. The SMILES string of the molecule is Nc1nc2ccc(-c3csc(C(=O)NC(c4ccc(F)cc4)C(F)(F)F)c3)cn2n1. The number of nitrogens with one attached hydrogen (secondary N) is 1. The highest BCUT2D eigenvalue weighted by atomic mass is 32.1. The number of amides is 1. The van der Waals surface area contributed by atoms with Gasteiger partial charge in [-0.3, -0.25) is 4.79 Å². The minimum absolute atomic E-state index is 0.0968. The van der Waals surface area contributed by atoms with Crippen LogP contribution in [0.4, 0.5) is 23.5 Å². The van der Waals surface area contributed by atoms with Crippen LogP contribution in [0.2, 0.25) is 0 Å². The molecule has 1 aromatic carbocycles. The number of hydrogen-bond acceptors (Lipinski definition) is 5. The average molecular weight is 435 g/mol. The van der Waals surface area contributed by atoms with Crippen molar-refractivity contribution in [3.05, 3.63) is 70.3 Å². The zero-order valence-electron chi connectivity index (χ0n) is 15.0. The molecule has 0 saturated heterocycles. The van der Waals surface area contributed by atoms with E-state index in [9.17, 15) is 22.4 Å². The van der Waals surface area contributed by atoms with Crippen LogP contribution in [-0.2, 0) is 0 Å². The van der Waals surface area contributed by atoms with Crippen molar-refractivity contribution in [3.8, 4) is 11.1 Å². The number of nitrogens with two attached hydrogens (primary N) is 1. The average Bonchev–Trinajstić information content (AvgIpc) is 3.31. The zero-order valence-corrected chi connectivity index (χ0v) is 15.8. The minimum atomic E-state index is -4.74. The summed E-state index contributed by atoms with van der Waals surface area (Å²) >= 11 is 1.00. The molecule has 6 nitrogen and oxygen atoms in total. The molecule has 1 atom stereocenters. The van der Waals surface area contributed by atoms with Crippen molar-refractivity contribution in [1.82, 2.24) is 19.9 Å². The molecular weight excluding hydrogens is 422 g/mol. The molecule has 0 aliphatic heterocycles. The maximum atomic E-state index is 13.5. The van der Waals surface area contributed by atoms with Crippen molar-refractivity contribution in [2.75, 3.05) is 5.73 Å². The highest BCUT2D eigenvalue weighted by Gasteiger charge is 2.42. The maximum Gasteiger partial charge on any atom is 0.412 e. The molecule has 0 aliphatic carbocycles. The van der Waals surface area contributed by atoms with E-state index in [1.165, 1.54) is 10.6 Å². The standard InChI is InChI=1S/C19H13F4N5OS/c20-13-4-1-10(2-5-13)16(19(21,22)23)26-17(29)14-7-12(9-30-14)11-3-6-15-25-18(24)27-28(15)8-11/h1-9,16H,(H2,24,27)(H,26,29). The minimum Gasteiger partial charge on any atom is -0.366 e. The number of carbonyl (C=O) groups excluding carboxylic acids is 1. The van der Waals surface area contributed by atoms with Gasteiger partial charge in [-0.05, 0) is 46.8 Å². The number of halogens is 4. The van der Waals surface area contributed by atoms with E-state index in [1.807, 2.05) is 5.32 Å². The van der Waals surface area contributed by atoms with Crippen molar-refractivity contribution >= 4 is 28.8 Å². The second-order valence-corrected chi connectivity index (χ2v) is 7.30. The van der Waals surface area contributed by atoms with Gasteiger partial charge in [-0.25, -0.2) is 8.91 Å². The number of benzene rings is 1. The number of rotatable bonds is 4. The van der Waals surface area contributed by atoms with Crippen LogP contribution in [0.5, 0.6) is 0 Å². The second-order valence-electron chi connectivity index (χ2n) is 6.39. The molecule has 0 fully saturated rings. The number of anilines is 1. The van der Waals surface area contributed by atoms with Gasteiger partial charge in [0, 0.05) is 11.8 Å². The Kier molecular flexibility index (Phi) is 4.90. The summed E-state index contributed by atoms with van der Waals surface area (Å²) in [6.45, 7) is 0. The molecule has 0 spiro atoms. The van der Waals surface area contributed by atoms with Crippen LogP contribution in [0, 0.1) is 5.82 Å². The first kappa shape index (κ1) is 19.8. The quantitative estimate of drug-likeness (QED) is 0.470. The van der Waals surface area contributed by atoms with Gasteiger partial charge >= 0.3 is 6.18 Å². The van der Waals surface area contributed by atoms with Crippen LogP contribution in [0.15, 0.2) is 54.0 Å². The van der Waals surface area contributed by atoms with E-state index in [0.29, 0.717) is 16.8 Å². The lowest BCUT2D eigenvalue weighted by molar-refractivity contribution is -0.155. The monoisotopic (exact) mass is 435 g/mol. The topological polar surface area (TPSA) is 85.3 Å². The van der Waals surface area contributed by atoms with E-state index < -0.39 is 23.9 Å². The summed E-state index contributed by atoms with van der Waals surface area (Å²) in [5.74, 6) is -1.44. The fraction of sp³-hybridized carbons (Fsp3) is 0.105. The summed E-state index contributed by atoms with van der Waals surface area (Å²) in [5, 5.41) is 7.64. The Morgan fingerprint density at radius 2 is 1.87 bits per heavy atom. The zero-order chi connectivity index (χ0) is 21.5. The lowest BCUT2D eigenvalue weighted by atomic mass is 10.1. The Morgan fingerprint density at radius 3 is 2.57 bits per heavy atom. The molecule has 30 heavy (non-hydrogen) atoms. The van der Waals surface area contributed by atoms with Crippen molar-refractivity contribution in [1.29, 1.82) is 0 Å². The molecule has 154 valence electrons. The molecule has 3 aromatic heterocycles. The summed E-state index contributed by atoms with van der Waals surface area (Å²) in [6.07, 6.45) is -3.09. The van der Waals surface area contributed by atoms with E-state index in [4.69, 9.17) is 5.73 Å². The normalized spacial score (nSPS) is 12.8. The van der Waals surface area contributed by atoms with Gasteiger partial charge in [0.2, 0.25) is 5.95 Å². The number of aromatic nitrogens is 3. The molecule has 4 rings (SSSR count). The van der Waals surface area contributed by atoms with Gasteiger partial charge in [0.05, 0.1) is 4.88 Å². The lowest BCUT2D eigenvalue weighted by Gasteiger charge is -2.21. The van der Waals surface area contributed by atoms with Crippen LogP contribution in [0.25, 0.3) is 16.8 Å². The van der Waals surface area contributed by atoms with E-state index in [2.05, 4.69) is 10.1 Å². The van der Waals surface area contributed by atoms with Crippen molar-refractivity contribution in [2.45, 2.75) is 12.2 Å². The van der Waals surface area contributed by atoms with Crippen molar-refractivity contribution < 1.29 is 22.4 Å². The Hall–Kier alpha value is -3.47. The molecule has 1 unspecified atom stereocenters. The molecular formula is C19H13F4N5OS. The first-order valence-electron chi connectivity index (χ1n) is 8.54. The highest BCUT2D eigenvalue weighted by Crippen LogP contribution is 2.34. The van der Waals surface area contributed by atoms with E-state index in [0.717, 1.165) is 35.6 Å². The number of carbonyl (C=O) groups is 1. The fourth-order valence-corrected chi connectivity index (χ4v) is 3.71. The van der Waals surface area contributed by atoms with Crippen LogP contribution >= 0.6 is 11.3 Å². The molecule has 3 heterocycles. The molecule has 3 N–H and O–H groups in total. The third kappa shape index (κ3) is 3.96. The Bertz CT molecular complexity index is 1220. The van der Waals surface area contributed by atoms with Crippen LogP contribution in [-0.4, -0.2) is 26.7 Å². The molecule has 0 radical (unpaired) electrons. The molecule has 0 bridgehead atoms. The van der Waals surface area contributed by atoms with Gasteiger partial charge in [0.15, 0.2) is 11.7 Å². The van der Waals surface area contributed by atoms with Crippen molar-refractivity contribution in [3.63, 3.8) is 0 Å². The third-order valence-electron chi connectivity index (χ3n) is 4.31. The predicted molar refractivity (Wildman–Crippen MR) is 103 cm³/mol. The number of hydrogen-bond donors (Lipinski definition) is 2. The number of nitrogens with zero attached hydrogens (tertiary/aromatic N) is 3. The summed E-state index contributed by atoms with van der Waals surface area (Å²) in [7, 11) is 0. The second kappa shape index (κ2) is 7.41. The van der Waals surface area contributed by atoms with E-state index >= 15 is 0 Å². The molecule has 11 heteroatoms. The van der Waals surface area contributed by atoms with Gasteiger partial charge in [0.1, 0.15) is 5.82 Å².